The molecule has 0 amide bonds. The largest absolute Gasteiger partial charge is 0.464 e. The number of benzene rings is 1. The van der Waals surface area contributed by atoms with Crippen molar-refractivity contribution < 1.29 is 9.53 Å². The van der Waals surface area contributed by atoms with Gasteiger partial charge in [0.25, 0.3) is 0 Å². The van der Waals surface area contributed by atoms with Crippen molar-refractivity contribution in [1.29, 1.82) is 0 Å². The second kappa shape index (κ2) is 6.60. The van der Waals surface area contributed by atoms with Crippen LogP contribution in [0, 0.1) is 6.92 Å². The topological polar surface area (TPSA) is 31.2 Å². The third kappa shape index (κ3) is 3.21. The molecule has 0 N–H and O–H groups in total. The molecule has 0 fully saturated rings. The summed E-state index contributed by atoms with van der Waals surface area (Å²) in [7, 11) is 0. The molecule has 2 rings (SSSR count). The van der Waals surface area contributed by atoms with Crippen molar-refractivity contribution >= 4 is 16.9 Å². The zero-order valence-electron chi connectivity index (χ0n) is 12.6. The van der Waals surface area contributed by atoms with Crippen molar-refractivity contribution in [3.05, 3.63) is 36.0 Å². The van der Waals surface area contributed by atoms with E-state index in [9.17, 15) is 4.79 Å². The van der Waals surface area contributed by atoms with Crippen LogP contribution in [0.15, 0.2) is 30.3 Å². The van der Waals surface area contributed by atoms with Gasteiger partial charge in [0.2, 0.25) is 0 Å². The fourth-order valence-corrected chi connectivity index (χ4v) is 2.74. The van der Waals surface area contributed by atoms with Gasteiger partial charge in [-0.05, 0) is 30.9 Å². The Kier molecular flexibility index (Phi) is 4.83. The monoisotopic (exact) mass is 273 g/mol. The van der Waals surface area contributed by atoms with Crippen LogP contribution < -0.4 is 0 Å². The van der Waals surface area contributed by atoms with E-state index in [1.54, 1.807) is 0 Å². The summed E-state index contributed by atoms with van der Waals surface area (Å²) < 4.78 is 7.58. The van der Waals surface area contributed by atoms with Gasteiger partial charge in [-0.15, -0.1) is 0 Å². The van der Waals surface area contributed by atoms with Gasteiger partial charge in [-0.25, -0.2) is 0 Å². The molecule has 0 aliphatic heterocycles. The van der Waals surface area contributed by atoms with Crippen molar-refractivity contribution in [1.82, 2.24) is 4.57 Å². The van der Waals surface area contributed by atoms with Crippen molar-refractivity contribution in [2.24, 2.45) is 0 Å². The Morgan fingerprint density at radius 2 is 2.10 bits per heavy atom. The summed E-state index contributed by atoms with van der Waals surface area (Å²) in [4.78, 5) is 11.1. The predicted octanol–water partition coefficient (Wildman–Crippen LogP) is 4.24. The number of carbonyl (C=O) groups excluding carboxylic acids is 1. The molecule has 1 aromatic carbocycles. The molecule has 0 saturated carbocycles. The Balaban J connectivity index is 2.33. The maximum atomic E-state index is 11.1. The first kappa shape index (κ1) is 14.6. The van der Waals surface area contributed by atoms with E-state index in [1.165, 1.54) is 23.5 Å². The summed E-state index contributed by atoms with van der Waals surface area (Å²) in [5, 5.41) is 1.24. The molecule has 20 heavy (non-hydrogen) atoms. The molecule has 0 aliphatic rings. The van der Waals surface area contributed by atoms with E-state index in [0.717, 1.165) is 19.3 Å². The summed E-state index contributed by atoms with van der Waals surface area (Å²) in [5.74, 6) is -0.208. The molecule has 0 spiro atoms. The Labute approximate surface area is 120 Å². The normalized spacial score (nSPS) is 12.6. The minimum absolute atomic E-state index is 0.208. The Bertz CT molecular complexity index is 586. The van der Waals surface area contributed by atoms with Gasteiger partial charge in [-0.3, -0.25) is 4.79 Å². The maximum absolute atomic E-state index is 11.1. The molecule has 108 valence electrons. The number of hydrogen-bond donors (Lipinski definition) is 0. The Hall–Kier alpha value is -1.77. The number of nitrogens with zero attached hydrogens (tertiary/aromatic N) is 1. The summed E-state index contributed by atoms with van der Waals surface area (Å²) >= 11 is 0. The fraction of sp³-hybridized carbons (Fsp3) is 0.471. The number of rotatable bonds is 6. The number of esters is 1. The van der Waals surface area contributed by atoms with Crippen LogP contribution in [0.4, 0.5) is 0 Å². The van der Waals surface area contributed by atoms with E-state index < -0.39 is 0 Å². The molecule has 1 unspecified atom stereocenters. The number of aryl methyl sites for hydroxylation is 1. The highest BCUT2D eigenvalue weighted by Gasteiger charge is 2.16. The van der Waals surface area contributed by atoms with E-state index in [2.05, 4.69) is 48.7 Å². The smallest absolute Gasteiger partial charge is 0.302 e. The molecule has 1 atom stereocenters. The van der Waals surface area contributed by atoms with Gasteiger partial charge in [0.1, 0.15) is 6.61 Å². The van der Waals surface area contributed by atoms with Crippen LogP contribution in [0.3, 0.4) is 0 Å². The lowest BCUT2D eigenvalue weighted by Crippen LogP contribution is -2.18. The molecule has 1 aromatic heterocycles. The third-order valence-corrected chi connectivity index (χ3v) is 3.68. The number of unbranched alkanes of at least 4 members (excludes halogenated alkanes) is 1. The van der Waals surface area contributed by atoms with Crippen molar-refractivity contribution in [3.8, 4) is 0 Å². The number of aromatic nitrogens is 1. The summed E-state index contributed by atoms with van der Waals surface area (Å²) in [5.41, 5.74) is 2.44. The van der Waals surface area contributed by atoms with Gasteiger partial charge >= 0.3 is 5.97 Å². The molecule has 3 heteroatoms. The number of carbonyl (C=O) groups is 1. The van der Waals surface area contributed by atoms with Crippen molar-refractivity contribution in [2.45, 2.75) is 46.1 Å². The number of para-hydroxylation sites is 1. The lowest BCUT2D eigenvalue weighted by atomic mass is 10.1. The highest BCUT2D eigenvalue weighted by atomic mass is 16.5. The molecule has 0 radical (unpaired) electrons. The second-order valence-electron chi connectivity index (χ2n) is 5.31. The van der Waals surface area contributed by atoms with Crippen LogP contribution in [-0.2, 0) is 9.53 Å². The van der Waals surface area contributed by atoms with Crippen LogP contribution in [0.25, 0.3) is 10.9 Å². The average molecular weight is 273 g/mol. The molecular weight excluding hydrogens is 250 g/mol. The number of ether oxygens (including phenoxy) is 1. The Morgan fingerprint density at radius 1 is 1.35 bits per heavy atom. The maximum Gasteiger partial charge on any atom is 0.302 e. The van der Waals surface area contributed by atoms with E-state index in [0.29, 0.717) is 6.61 Å². The first-order valence-corrected chi connectivity index (χ1v) is 7.33. The van der Waals surface area contributed by atoms with Crippen LogP contribution in [0.5, 0.6) is 0 Å². The van der Waals surface area contributed by atoms with Gasteiger partial charge in [-0.2, -0.15) is 0 Å². The van der Waals surface area contributed by atoms with Crippen LogP contribution in [-0.4, -0.2) is 17.1 Å². The van der Waals surface area contributed by atoms with Gasteiger partial charge in [0, 0.05) is 18.1 Å². The van der Waals surface area contributed by atoms with Crippen LogP contribution in [0.2, 0.25) is 0 Å². The first-order valence-electron chi connectivity index (χ1n) is 7.33. The highest BCUT2D eigenvalue weighted by Crippen LogP contribution is 2.27. The Morgan fingerprint density at radius 3 is 2.80 bits per heavy atom. The molecule has 1 heterocycles. The first-order chi connectivity index (χ1) is 9.63. The molecule has 3 nitrogen and oxygen atoms in total. The molecule has 0 saturated heterocycles. The summed E-state index contributed by atoms with van der Waals surface area (Å²) in [6, 6.07) is 10.8. The van der Waals surface area contributed by atoms with Crippen LogP contribution >= 0.6 is 0 Å². The summed E-state index contributed by atoms with van der Waals surface area (Å²) in [6.45, 7) is 6.22. The highest BCUT2D eigenvalue weighted by molar-refractivity contribution is 5.81. The van der Waals surface area contributed by atoms with Crippen molar-refractivity contribution in [3.63, 3.8) is 0 Å². The van der Waals surface area contributed by atoms with Gasteiger partial charge in [0.05, 0.1) is 6.04 Å². The van der Waals surface area contributed by atoms with E-state index >= 15 is 0 Å². The number of fused-ring (bicyclic) bond motifs is 1. The SMILES string of the molecule is CCCCC(COC(C)=O)n1c(C)cc2ccccc21. The summed E-state index contributed by atoms with van der Waals surface area (Å²) in [6.07, 6.45) is 3.32. The zero-order valence-corrected chi connectivity index (χ0v) is 12.6. The molecule has 0 bridgehead atoms. The molecular formula is C17H23NO2. The minimum atomic E-state index is -0.208. The van der Waals surface area contributed by atoms with E-state index in [-0.39, 0.29) is 12.0 Å². The number of hydrogen-bond acceptors (Lipinski definition) is 2. The lowest BCUT2D eigenvalue weighted by Gasteiger charge is -2.21. The average Bonchev–Trinajstić information content (AvgIpc) is 2.75. The fourth-order valence-electron chi connectivity index (χ4n) is 2.74. The van der Waals surface area contributed by atoms with Crippen molar-refractivity contribution in [2.75, 3.05) is 6.61 Å². The van der Waals surface area contributed by atoms with E-state index in [1.807, 2.05) is 0 Å². The lowest BCUT2D eigenvalue weighted by molar-refractivity contribution is -0.142. The second-order valence-corrected chi connectivity index (χ2v) is 5.31. The third-order valence-electron chi connectivity index (χ3n) is 3.68. The minimum Gasteiger partial charge on any atom is -0.464 e. The van der Waals surface area contributed by atoms with Gasteiger partial charge < -0.3 is 9.30 Å². The van der Waals surface area contributed by atoms with Gasteiger partial charge in [0.15, 0.2) is 0 Å². The standard InChI is InChI=1S/C17H23NO2/c1-4-5-9-16(12-20-14(3)19)18-13(2)11-15-8-6-7-10-17(15)18/h6-8,10-11,16H,4-5,9,12H2,1-3H3. The van der Waals surface area contributed by atoms with Gasteiger partial charge in [-0.1, -0.05) is 38.0 Å². The van der Waals surface area contributed by atoms with Crippen LogP contribution in [0.1, 0.15) is 44.8 Å². The quantitative estimate of drug-likeness (QED) is 0.737. The zero-order chi connectivity index (χ0) is 14.5. The van der Waals surface area contributed by atoms with E-state index in [4.69, 9.17) is 4.74 Å². The molecule has 2 aromatic rings. The predicted molar refractivity (Wildman–Crippen MR) is 81.9 cm³/mol. The molecule has 0 aliphatic carbocycles.